The Morgan fingerprint density at radius 3 is 3.00 bits per heavy atom. The zero-order chi connectivity index (χ0) is 12.4. The Bertz CT molecular complexity index is 625. The maximum Gasteiger partial charge on any atom is 0.179 e. The lowest BCUT2D eigenvalue weighted by Gasteiger charge is -2.03. The number of ether oxygens (including phenoxy) is 1. The summed E-state index contributed by atoms with van der Waals surface area (Å²) in [4.78, 5) is 14.7. The van der Waals surface area contributed by atoms with Gasteiger partial charge in [-0.1, -0.05) is 11.6 Å². The average Bonchev–Trinajstić information content (AvgIpc) is 2.75. The lowest BCUT2D eigenvalue weighted by molar-refractivity contribution is 0.0999. The van der Waals surface area contributed by atoms with Crippen molar-refractivity contribution in [2.75, 3.05) is 7.11 Å². The van der Waals surface area contributed by atoms with E-state index in [-0.39, 0.29) is 12.2 Å². The number of aromatic nitrogens is 1. The first-order valence-corrected chi connectivity index (χ1v) is 5.30. The maximum atomic E-state index is 11.7. The van der Waals surface area contributed by atoms with Crippen molar-refractivity contribution in [3.63, 3.8) is 0 Å². The van der Waals surface area contributed by atoms with Gasteiger partial charge in [0.2, 0.25) is 0 Å². The number of rotatable bonds is 3. The first-order valence-electron chi connectivity index (χ1n) is 4.92. The van der Waals surface area contributed by atoms with Gasteiger partial charge in [0.25, 0.3) is 0 Å². The molecule has 2 rings (SSSR count). The highest BCUT2D eigenvalue weighted by molar-refractivity contribution is 6.37. The topological polar surface area (TPSA) is 65.9 Å². The van der Waals surface area contributed by atoms with Crippen molar-refractivity contribution in [2.45, 2.75) is 6.42 Å². The van der Waals surface area contributed by atoms with Gasteiger partial charge in [0.15, 0.2) is 5.78 Å². The van der Waals surface area contributed by atoms with E-state index in [4.69, 9.17) is 21.6 Å². The van der Waals surface area contributed by atoms with Crippen LogP contribution < -0.4 is 4.74 Å². The van der Waals surface area contributed by atoms with Crippen molar-refractivity contribution in [1.82, 2.24) is 4.98 Å². The summed E-state index contributed by atoms with van der Waals surface area (Å²) in [5.74, 6) is 0.356. The molecule has 0 spiro atoms. The fourth-order valence-corrected chi connectivity index (χ4v) is 2.00. The minimum Gasteiger partial charge on any atom is -0.495 e. The maximum absolute atomic E-state index is 11.7. The van der Waals surface area contributed by atoms with Gasteiger partial charge in [-0.3, -0.25) is 4.79 Å². The van der Waals surface area contributed by atoms with Gasteiger partial charge in [-0.05, 0) is 12.1 Å². The molecular weight excluding hydrogens is 240 g/mol. The van der Waals surface area contributed by atoms with Crippen LogP contribution in [0.4, 0.5) is 0 Å². The van der Waals surface area contributed by atoms with Crippen LogP contribution in [0.3, 0.4) is 0 Å². The summed E-state index contributed by atoms with van der Waals surface area (Å²) in [5, 5.41) is 9.60. The van der Waals surface area contributed by atoms with E-state index in [1.807, 2.05) is 6.07 Å². The van der Waals surface area contributed by atoms with E-state index in [0.717, 1.165) is 0 Å². The van der Waals surface area contributed by atoms with Gasteiger partial charge in [0.1, 0.15) is 5.75 Å². The second kappa shape index (κ2) is 4.48. The van der Waals surface area contributed by atoms with Crippen molar-refractivity contribution in [1.29, 1.82) is 5.26 Å². The molecule has 1 N–H and O–H groups in total. The molecule has 0 radical (unpaired) electrons. The summed E-state index contributed by atoms with van der Waals surface area (Å²) >= 11 is 6.07. The number of nitriles is 1. The molecule has 86 valence electrons. The molecule has 0 atom stereocenters. The highest BCUT2D eigenvalue weighted by atomic mass is 35.5. The second-order valence-corrected chi connectivity index (χ2v) is 3.87. The van der Waals surface area contributed by atoms with Crippen LogP contribution in [0, 0.1) is 11.3 Å². The number of H-pyrrole nitrogens is 1. The van der Waals surface area contributed by atoms with E-state index in [1.165, 1.54) is 0 Å². The zero-order valence-electron chi connectivity index (χ0n) is 9.08. The van der Waals surface area contributed by atoms with Crippen LogP contribution in [0.5, 0.6) is 5.75 Å². The Balaban J connectivity index is 2.68. The van der Waals surface area contributed by atoms with Gasteiger partial charge in [-0.2, -0.15) is 5.26 Å². The summed E-state index contributed by atoms with van der Waals surface area (Å²) < 4.78 is 5.17. The molecule has 17 heavy (non-hydrogen) atoms. The van der Waals surface area contributed by atoms with Crippen molar-refractivity contribution in [3.8, 4) is 11.8 Å². The number of aromatic amines is 1. The number of fused-ring (bicyclic) bond motifs is 1. The number of halogens is 1. The van der Waals surface area contributed by atoms with Crippen molar-refractivity contribution >= 4 is 28.3 Å². The number of hydrogen-bond donors (Lipinski definition) is 1. The molecule has 0 unspecified atom stereocenters. The Morgan fingerprint density at radius 1 is 1.59 bits per heavy atom. The monoisotopic (exact) mass is 248 g/mol. The molecule has 0 aliphatic heterocycles. The van der Waals surface area contributed by atoms with E-state index in [2.05, 4.69) is 4.98 Å². The zero-order valence-corrected chi connectivity index (χ0v) is 9.84. The number of carbonyl (C=O) groups excluding carboxylic acids is 1. The molecule has 0 saturated heterocycles. The van der Waals surface area contributed by atoms with Crippen LogP contribution in [0.15, 0.2) is 18.3 Å². The molecule has 1 aromatic carbocycles. The lowest BCUT2D eigenvalue weighted by Crippen LogP contribution is -1.96. The second-order valence-electron chi connectivity index (χ2n) is 3.46. The normalized spacial score (nSPS) is 10.2. The molecule has 0 amide bonds. The van der Waals surface area contributed by atoms with E-state index < -0.39 is 0 Å². The Kier molecular flexibility index (Phi) is 3.03. The third kappa shape index (κ3) is 1.85. The molecule has 1 heterocycles. The summed E-state index contributed by atoms with van der Waals surface area (Å²) in [6, 6.07) is 5.22. The molecule has 1 aromatic heterocycles. The molecule has 5 heteroatoms. The third-order valence-electron chi connectivity index (χ3n) is 2.51. The van der Waals surface area contributed by atoms with Gasteiger partial charge >= 0.3 is 0 Å². The van der Waals surface area contributed by atoms with Gasteiger partial charge in [-0.15, -0.1) is 0 Å². The number of nitrogens with one attached hydrogen (secondary N) is 1. The Morgan fingerprint density at radius 2 is 2.35 bits per heavy atom. The Labute approximate surface area is 103 Å². The summed E-state index contributed by atoms with van der Waals surface area (Å²) in [6.07, 6.45) is 1.39. The smallest absolute Gasteiger partial charge is 0.179 e. The number of hydrogen-bond acceptors (Lipinski definition) is 3. The SMILES string of the molecule is COc1ccc(Cl)c2c(C(=O)CC#N)c[nH]c12. The Hall–Kier alpha value is -1.99. The fourth-order valence-electron chi connectivity index (χ4n) is 1.74. The van der Waals surface area contributed by atoms with Gasteiger partial charge < -0.3 is 9.72 Å². The number of Topliss-reactive ketones (excluding diaryl/α,β-unsaturated/α-hetero) is 1. The van der Waals surface area contributed by atoms with Crippen molar-refractivity contribution in [2.24, 2.45) is 0 Å². The van der Waals surface area contributed by atoms with Crippen LogP contribution >= 0.6 is 11.6 Å². The molecule has 4 nitrogen and oxygen atoms in total. The molecule has 0 aliphatic rings. The standard InChI is InChI=1S/C12H9ClN2O2/c1-17-10-3-2-8(13)11-7(6-15-12(10)11)9(16)4-5-14/h2-3,6,15H,4H2,1H3. The number of benzene rings is 1. The third-order valence-corrected chi connectivity index (χ3v) is 2.82. The number of nitrogens with zero attached hydrogens (tertiary/aromatic N) is 1. The summed E-state index contributed by atoms with van der Waals surface area (Å²) in [7, 11) is 1.54. The first-order chi connectivity index (χ1) is 8.19. The average molecular weight is 249 g/mol. The highest BCUT2D eigenvalue weighted by Crippen LogP contribution is 2.33. The molecule has 0 saturated carbocycles. The summed E-state index contributed by atoms with van der Waals surface area (Å²) in [5.41, 5.74) is 1.09. The van der Waals surface area contributed by atoms with Gasteiger partial charge in [0.05, 0.1) is 30.1 Å². The molecule has 0 aliphatic carbocycles. The molecule has 0 fully saturated rings. The minimum absolute atomic E-state index is 0.166. The predicted molar refractivity (Wildman–Crippen MR) is 64.4 cm³/mol. The predicted octanol–water partition coefficient (Wildman–Crippen LogP) is 2.93. The largest absolute Gasteiger partial charge is 0.495 e. The fraction of sp³-hybridized carbons (Fsp3) is 0.167. The lowest BCUT2D eigenvalue weighted by atomic mass is 10.1. The van der Waals surface area contributed by atoms with E-state index in [0.29, 0.717) is 27.2 Å². The van der Waals surface area contributed by atoms with Crippen LogP contribution in [-0.2, 0) is 0 Å². The van der Waals surface area contributed by atoms with Gasteiger partial charge in [0, 0.05) is 17.1 Å². The highest BCUT2D eigenvalue weighted by Gasteiger charge is 2.16. The van der Waals surface area contributed by atoms with E-state index in [1.54, 1.807) is 25.4 Å². The minimum atomic E-state index is -0.256. The van der Waals surface area contributed by atoms with Crippen LogP contribution in [-0.4, -0.2) is 17.9 Å². The van der Waals surface area contributed by atoms with Crippen LogP contribution in [0.25, 0.3) is 10.9 Å². The van der Waals surface area contributed by atoms with Gasteiger partial charge in [-0.25, -0.2) is 0 Å². The summed E-state index contributed by atoms with van der Waals surface area (Å²) in [6.45, 7) is 0. The quantitative estimate of drug-likeness (QED) is 0.850. The molecule has 2 aromatic rings. The van der Waals surface area contributed by atoms with Crippen molar-refractivity contribution in [3.05, 3.63) is 28.9 Å². The van der Waals surface area contributed by atoms with E-state index in [9.17, 15) is 4.79 Å². The van der Waals surface area contributed by atoms with Crippen molar-refractivity contribution < 1.29 is 9.53 Å². The number of ketones is 1. The van der Waals surface area contributed by atoms with E-state index >= 15 is 0 Å². The molecule has 0 bridgehead atoms. The van der Waals surface area contributed by atoms with Crippen LogP contribution in [0.1, 0.15) is 16.8 Å². The first kappa shape index (κ1) is 11.5. The molecular formula is C12H9ClN2O2. The number of methoxy groups -OCH3 is 1. The number of carbonyl (C=O) groups is 1. The van der Waals surface area contributed by atoms with Crippen LogP contribution in [0.2, 0.25) is 5.02 Å².